The van der Waals surface area contributed by atoms with Crippen molar-refractivity contribution in [3.8, 4) is 0 Å². The van der Waals surface area contributed by atoms with Crippen LogP contribution < -0.4 is 5.32 Å². The van der Waals surface area contributed by atoms with Crippen molar-refractivity contribution in [2.75, 3.05) is 5.32 Å². The van der Waals surface area contributed by atoms with E-state index in [1.807, 2.05) is 0 Å². The fourth-order valence-corrected chi connectivity index (χ4v) is 1.51. The molecule has 1 aromatic carbocycles. The van der Waals surface area contributed by atoms with Crippen LogP contribution in [0.4, 0.5) is 14.5 Å². The van der Waals surface area contributed by atoms with Crippen molar-refractivity contribution in [1.29, 1.82) is 0 Å². The first kappa shape index (κ1) is 12.4. The van der Waals surface area contributed by atoms with Gasteiger partial charge in [0, 0.05) is 18.5 Å². The first-order valence-corrected chi connectivity index (χ1v) is 5.31. The number of amides is 1. The highest BCUT2D eigenvalue weighted by atomic mass is 35.5. The van der Waals surface area contributed by atoms with Crippen molar-refractivity contribution in [1.82, 2.24) is 4.98 Å². The third-order valence-electron chi connectivity index (χ3n) is 2.18. The summed E-state index contributed by atoms with van der Waals surface area (Å²) in [7, 11) is 0. The molecule has 2 rings (SSSR count). The minimum absolute atomic E-state index is 0.00409. The minimum Gasteiger partial charge on any atom is -0.320 e. The lowest BCUT2D eigenvalue weighted by molar-refractivity contribution is 0.102. The molecule has 92 valence electrons. The van der Waals surface area contributed by atoms with Gasteiger partial charge < -0.3 is 5.32 Å². The molecule has 6 heteroatoms. The van der Waals surface area contributed by atoms with E-state index in [-0.39, 0.29) is 10.7 Å². The number of anilines is 1. The number of aromatic nitrogens is 1. The molecule has 0 saturated carbocycles. The van der Waals surface area contributed by atoms with E-state index in [1.54, 1.807) is 6.07 Å². The molecule has 0 fully saturated rings. The third-order valence-corrected chi connectivity index (χ3v) is 2.49. The standard InChI is InChI=1S/C12H7ClF2N2O/c13-8-4-9(14)10(15)5-11(8)17-12(18)7-2-1-3-16-6-7/h1-6H,(H,17,18). The zero-order chi connectivity index (χ0) is 13.1. The van der Waals surface area contributed by atoms with Crippen molar-refractivity contribution in [2.45, 2.75) is 0 Å². The Hall–Kier alpha value is -2.01. The monoisotopic (exact) mass is 268 g/mol. The fourth-order valence-electron chi connectivity index (χ4n) is 1.31. The van der Waals surface area contributed by atoms with Crippen LogP contribution in [-0.4, -0.2) is 10.9 Å². The Morgan fingerprint density at radius 3 is 2.67 bits per heavy atom. The van der Waals surface area contributed by atoms with Gasteiger partial charge in [0.2, 0.25) is 0 Å². The minimum atomic E-state index is -1.08. The van der Waals surface area contributed by atoms with Crippen LogP contribution >= 0.6 is 11.6 Å². The highest BCUT2D eigenvalue weighted by molar-refractivity contribution is 6.33. The first-order chi connectivity index (χ1) is 8.58. The Kier molecular flexibility index (Phi) is 3.53. The van der Waals surface area contributed by atoms with E-state index in [4.69, 9.17) is 11.6 Å². The van der Waals surface area contributed by atoms with Gasteiger partial charge in [-0.2, -0.15) is 0 Å². The highest BCUT2D eigenvalue weighted by Gasteiger charge is 2.12. The molecule has 1 heterocycles. The number of halogens is 3. The number of nitrogens with one attached hydrogen (secondary N) is 1. The Morgan fingerprint density at radius 1 is 1.28 bits per heavy atom. The summed E-state index contributed by atoms with van der Waals surface area (Å²) >= 11 is 5.70. The maximum absolute atomic E-state index is 13.0. The molecule has 0 aliphatic rings. The van der Waals surface area contributed by atoms with Gasteiger partial charge in [0.1, 0.15) is 0 Å². The van der Waals surface area contributed by atoms with Gasteiger partial charge in [-0.05, 0) is 18.2 Å². The van der Waals surface area contributed by atoms with Gasteiger partial charge in [0.05, 0.1) is 16.3 Å². The second-order valence-corrected chi connectivity index (χ2v) is 3.85. The van der Waals surface area contributed by atoms with Crippen LogP contribution in [0.15, 0.2) is 36.7 Å². The molecule has 18 heavy (non-hydrogen) atoms. The SMILES string of the molecule is O=C(Nc1cc(F)c(F)cc1Cl)c1cccnc1. The molecule has 0 aliphatic carbocycles. The molecule has 0 atom stereocenters. The number of pyridine rings is 1. The van der Waals surface area contributed by atoms with E-state index in [1.165, 1.54) is 18.5 Å². The topological polar surface area (TPSA) is 42.0 Å². The van der Waals surface area contributed by atoms with E-state index >= 15 is 0 Å². The molecule has 0 bridgehead atoms. The Labute approximate surface area is 106 Å². The van der Waals surface area contributed by atoms with E-state index in [9.17, 15) is 13.6 Å². The predicted molar refractivity (Wildman–Crippen MR) is 63.6 cm³/mol. The van der Waals surface area contributed by atoms with Crippen LogP contribution in [0.25, 0.3) is 0 Å². The number of carbonyl (C=O) groups is 1. The van der Waals surface area contributed by atoms with E-state index in [0.29, 0.717) is 5.56 Å². The van der Waals surface area contributed by atoms with Crippen LogP contribution in [-0.2, 0) is 0 Å². The molecule has 0 saturated heterocycles. The first-order valence-electron chi connectivity index (χ1n) is 4.94. The lowest BCUT2D eigenvalue weighted by Gasteiger charge is -2.07. The molecule has 1 amide bonds. The molecule has 3 nitrogen and oxygen atoms in total. The van der Waals surface area contributed by atoms with Crippen molar-refractivity contribution < 1.29 is 13.6 Å². The Bertz CT molecular complexity index is 590. The molecule has 0 unspecified atom stereocenters. The summed E-state index contributed by atoms with van der Waals surface area (Å²) < 4.78 is 25.9. The van der Waals surface area contributed by atoms with Crippen LogP contribution in [0, 0.1) is 11.6 Å². The Morgan fingerprint density at radius 2 is 2.00 bits per heavy atom. The lowest BCUT2D eigenvalue weighted by Crippen LogP contribution is -2.12. The number of benzene rings is 1. The molecular weight excluding hydrogens is 262 g/mol. The van der Waals surface area contributed by atoms with E-state index in [0.717, 1.165) is 12.1 Å². The summed E-state index contributed by atoms with van der Waals surface area (Å²) in [6.07, 6.45) is 2.87. The molecule has 1 N–H and O–H groups in total. The summed E-state index contributed by atoms with van der Waals surface area (Å²) in [5.41, 5.74) is 0.294. The molecular formula is C12H7ClF2N2O. The van der Waals surface area contributed by atoms with Crippen molar-refractivity contribution in [2.24, 2.45) is 0 Å². The van der Waals surface area contributed by atoms with Gasteiger partial charge >= 0.3 is 0 Å². The van der Waals surface area contributed by atoms with Crippen LogP contribution in [0.2, 0.25) is 5.02 Å². The van der Waals surface area contributed by atoms with E-state index in [2.05, 4.69) is 10.3 Å². The normalized spacial score (nSPS) is 10.2. The van der Waals surface area contributed by atoms with Gasteiger partial charge in [0.15, 0.2) is 11.6 Å². The molecule has 0 radical (unpaired) electrons. The molecule has 1 aromatic heterocycles. The van der Waals surface area contributed by atoms with Gasteiger partial charge in [-0.3, -0.25) is 9.78 Å². The third kappa shape index (κ3) is 2.62. The van der Waals surface area contributed by atoms with Gasteiger partial charge in [0.25, 0.3) is 5.91 Å². The second kappa shape index (κ2) is 5.10. The summed E-state index contributed by atoms with van der Waals surface area (Å²) in [5.74, 6) is -2.66. The van der Waals surface area contributed by atoms with Gasteiger partial charge in [-0.25, -0.2) is 8.78 Å². The zero-order valence-corrected chi connectivity index (χ0v) is 9.71. The summed E-state index contributed by atoms with van der Waals surface area (Å²) in [6.45, 7) is 0. The Balaban J connectivity index is 2.25. The fraction of sp³-hybridized carbons (Fsp3) is 0. The van der Waals surface area contributed by atoms with Crippen LogP contribution in [0.5, 0.6) is 0 Å². The van der Waals surface area contributed by atoms with Crippen molar-refractivity contribution in [3.63, 3.8) is 0 Å². The number of nitrogens with zero attached hydrogens (tertiary/aromatic N) is 1. The molecule has 0 spiro atoms. The number of rotatable bonds is 2. The number of hydrogen-bond acceptors (Lipinski definition) is 2. The largest absolute Gasteiger partial charge is 0.320 e. The average Bonchev–Trinajstić information content (AvgIpc) is 2.37. The number of hydrogen-bond donors (Lipinski definition) is 1. The quantitative estimate of drug-likeness (QED) is 0.850. The average molecular weight is 269 g/mol. The van der Waals surface area contributed by atoms with E-state index < -0.39 is 17.5 Å². The molecule has 0 aliphatic heterocycles. The maximum atomic E-state index is 13.0. The van der Waals surface area contributed by atoms with Gasteiger partial charge in [-0.1, -0.05) is 11.6 Å². The predicted octanol–water partition coefficient (Wildman–Crippen LogP) is 3.27. The zero-order valence-electron chi connectivity index (χ0n) is 8.95. The van der Waals surface area contributed by atoms with Crippen molar-refractivity contribution >= 4 is 23.2 Å². The lowest BCUT2D eigenvalue weighted by atomic mass is 10.2. The second-order valence-electron chi connectivity index (χ2n) is 3.44. The van der Waals surface area contributed by atoms with Gasteiger partial charge in [-0.15, -0.1) is 0 Å². The summed E-state index contributed by atoms with van der Waals surface area (Å²) in [5, 5.41) is 2.30. The summed E-state index contributed by atoms with van der Waals surface area (Å²) in [6, 6.07) is 4.75. The highest BCUT2D eigenvalue weighted by Crippen LogP contribution is 2.25. The summed E-state index contributed by atoms with van der Waals surface area (Å²) in [4.78, 5) is 15.5. The van der Waals surface area contributed by atoms with Crippen LogP contribution in [0.1, 0.15) is 10.4 Å². The van der Waals surface area contributed by atoms with Crippen molar-refractivity contribution in [3.05, 3.63) is 58.9 Å². The number of carbonyl (C=O) groups excluding carboxylic acids is 1. The maximum Gasteiger partial charge on any atom is 0.257 e. The van der Waals surface area contributed by atoms with Crippen LogP contribution in [0.3, 0.4) is 0 Å². The smallest absolute Gasteiger partial charge is 0.257 e. The molecule has 2 aromatic rings.